The average Bonchev–Trinajstić information content (AvgIpc) is 2.72. The van der Waals surface area contributed by atoms with Crippen molar-refractivity contribution in [1.29, 1.82) is 5.26 Å². The van der Waals surface area contributed by atoms with Gasteiger partial charge in [-0.3, -0.25) is 0 Å². The van der Waals surface area contributed by atoms with Crippen molar-refractivity contribution >= 4 is 15.9 Å². The maximum Gasteiger partial charge on any atom is 0.190 e. The van der Waals surface area contributed by atoms with Gasteiger partial charge >= 0.3 is 0 Å². The predicted molar refractivity (Wildman–Crippen MR) is 72.7 cm³/mol. The lowest BCUT2D eigenvalue weighted by Gasteiger charge is -2.07. The molecule has 4 nitrogen and oxygen atoms in total. The summed E-state index contributed by atoms with van der Waals surface area (Å²) in [5.74, 6) is 0. The van der Waals surface area contributed by atoms with E-state index >= 15 is 0 Å². The number of halogens is 1. The molecule has 0 amide bonds. The fraction of sp³-hybridized carbons (Fsp3) is 0.154. The molecule has 18 heavy (non-hydrogen) atoms. The summed E-state index contributed by atoms with van der Waals surface area (Å²) in [6, 6.07) is 9.76. The number of benzene rings is 1. The fourth-order valence-corrected chi connectivity index (χ4v) is 2.15. The summed E-state index contributed by atoms with van der Waals surface area (Å²) in [6.45, 7) is 6.32. The van der Waals surface area contributed by atoms with Gasteiger partial charge in [-0.15, -0.1) is 5.10 Å². The summed E-state index contributed by atoms with van der Waals surface area (Å²) >= 11 is 3.48. The predicted octanol–water partition coefficient (Wildman–Crippen LogP) is 3.16. The molecule has 0 atom stereocenters. The van der Waals surface area contributed by atoms with Crippen LogP contribution in [-0.4, -0.2) is 15.0 Å². The van der Waals surface area contributed by atoms with E-state index in [9.17, 15) is 0 Å². The molecule has 0 aliphatic heterocycles. The molecule has 0 fully saturated rings. The van der Waals surface area contributed by atoms with Crippen LogP contribution in [0.5, 0.6) is 0 Å². The highest BCUT2D eigenvalue weighted by molar-refractivity contribution is 9.10. The van der Waals surface area contributed by atoms with Gasteiger partial charge in [-0.1, -0.05) is 51.5 Å². The Morgan fingerprint density at radius 1 is 1.50 bits per heavy atom. The van der Waals surface area contributed by atoms with Crippen molar-refractivity contribution < 1.29 is 0 Å². The maximum atomic E-state index is 9.11. The van der Waals surface area contributed by atoms with Gasteiger partial charge in [0.05, 0.1) is 6.54 Å². The first kappa shape index (κ1) is 12.5. The lowest BCUT2D eigenvalue weighted by Crippen LogP contribution is -2.03. The average molecular weight is 303 g/mol. The summed E-state index contributed by atoms with van der Waals surface area (Å²) in [5.41, 5.74) is 2.90. The Bertz CT molecular complexity index is 637. The van der Waals surface area contributed by atoms with E-state index in [-0.39, 0.29) is 0 Å². The molecule has 0 N–H and O–H groups in total. The lowest BCUT2D eigenvalue weighted by molar-refractivity contribution is 0.649. The molecule has 1 aromatic carbocycles. The fourth-order valence-electron chi connectivity index (χ4n) is 1.67. The zero-order chi connectivity index (χ0) is 13.1. The Morgan fingerprint density at radius 3 is 2.83 bits per heavy atom. The Balaban J connectivity index is 2.62. The normalized spacial score (nSPS) is 10.1. The van der Waals surface area contributed by atoms with Crippen molar-refractivity contribution in [2.24, 2.45) is 0 Å². The molecule has 2 aromatic rings. The van der Waals surface area contributed by atoms with Crippen LogP contribution in [0.15, 0.2) is 40.9 Å². The molecule has 0 aliphatic rings. The molecule has 0 bridgehead atoms. The number of hydrogen-bond acceptors (Lipinski definition) is 3. The maximum absolute atomic E-state index is 9.11. The van der Waals surface area contributed by atoms with Crippen LogP contribution < -0.4 is 0 Å². The first-order valence-corrected chi connectivity index (χ1v) is 6.15. The van der Waals surface area contributed by atoms with Gasteiger partial charge in [-0.25, -0.2) is 4.68 Å². The number of aromatic nitrogens is 3. The van der Waals surface area contributed by atoms with E-state index in [2.05, 4.69) is 38.9 Å². The van der Waals surface area contributed by atoms with Gasteiger partial charge < -0.3 is 0 Å². The highest BCUT2D eigenvalue weighted by Crippen LogP contribution is 2.29. The van der Waals surface area contributed by atoms with Crippen molar-refractivity contribution in [3.05, 3.63) is 46.6 Å². The minimum Gasteiger partial charge on any atom is -0.239 e. The first-order valence-electron chi connectivity index (χ1n) is 5.36. The van der Waals surface area contributed by atoms with Gasteiger partial charge in [-0.2, -0.15) is 5.26 Å². The van der Waals surface area contributed by atoms with Crippen LogP contribution >= 0.6 is 15.9 Å². The van der Waals surface area contributed by atoms with Crippen molar-refractivity contribution in [2.45, 2.75) is 13.5 Å². The van der Waals surface area contributed by atoms with Crippen molar-refractivity contribution in [3.63, 3.8) is 0 Å². The molecule has 0 saturated heterocycles. The number of nitrogens with zero attached hydrogens (tertiary/aromatic N) is 4. The molecule has 1 heterocycles. The molecule has 0 saturated carbocycles. The Morgan fingerprint density at radius 2 is 2.22 bits per heavy atom. The smallest absolute Gasteiger partial charge is 0.190 e. The number of rotatable bonds is 3. The van der Waals surface area contributed by atoms with Crippen LogP contribution in [0.4, 0.5) is 0 Å². The second-order valence-corrected chi connectivity index (χ2v) is 4.85. The third-order valence-electron chi connectivity index (χ3n) is 2.39. The Kier molecular flexibility index (Phi) is 3.58. The van der Waals surface area contributed by atoms with Crippen LogP contribution in [0.3, 0.4) is 0 Å². The van der Waals surface area contributed by atoms with Crippen LogP contribution in [-0.2, 0) is 6.54 Å². The second-order valence-electron chi connectivity index (χ2n) is 3.99. The minimum atomic E-state index is 0.322. The van der Waals surface area contributed by atoms with Gasteiger partial charge in [0.15, 0.2) is 5.69 Å². The van der Waals surface area contributed by atoms with Gasteiger partial charge in [0.1, 0.15) is 11.8 Å². The molecule has 2 rings (SSSR count). The highest BCUT2D eigenvalue weighted by atomic mass is 79.9. The third-order valence-corrected chi connectivity index (χ3v) is 3.08. The van der Waals surface area contributed by atoms with Gasteiger partial charge in [0, 0.05) is 10.0 Å². The quantitative estimate of drug-likeness (QED) is 0.818. The monoisotopic (exact) mass is 302 g/mol. The van der Waals surface area contributed by atoms with E-state index in [0.717, 1.165) is 15.6 Å². The summed E-state index contributed by atoms with van der Waals surface area (Å²) < 4.78 is 2.60. The summed E-state index contributed by atoms with van der Waals surface area (Å²) in [6.07, 6.45) is 0. The zero-order valence-corrected chi connectivity index (χ0v) is 11.5. The molecule has 1 aromatic heterocycles. The van der Waals surface area contributed by atoms with E-state index < -0.39 is 0 Å². The van der Waals surface area contributed by atoms with Crippen molar-refractivity contribution in [3.8, 4) is 17.3 Å². The van der Waals surface area contributed by atoms with Crippen LogP contribution in [0.2, 0.25) is 0 Å². The molecule has 0 radical (unpaired) electrons. The zero-order valence-electron chi connectivity index (χ0n) is 9.89. The van der Waals surface area contributed by atoms with Gasteiger partial charge in [-0.05, 0) is 13.0 Å². The van der Waals surface area contributed by atoms with Crippen molar-refractivity contribution in [2.75, 3.05) is 0 Å². The van der Waals surface area contributed by atoms with E-state index in [0.29, 0.717) is 17.9 Å². The minimum absolute atomic E-state index is 0.322. The molecule has 0 spiro atoms. The molecular formula is C13H11BrN4. The molecule has 5 heteroatoms. The third kappa shape index (κ3) is 2.34. The molecular weight excluding hydrogens is 292 g/mol. The first-order chi connectivity index (χ1) is 8.63. The highest BCUT2D eigenvalue weighted by Gasteiger charge is 2.16. The number of allylic oxidation sites excluding steroid dienone is 1. The number of nitriles is 1. The summed E-state index contributed by atoms with van der Waals surface area (Å²) in [5, 5.41) is 17.0. The SMILES string of the molecule is C=C(C)Cn1nnc(C#N)c1-c1ccccc1Br. The summed E-state index contributed by atoms with van der Waals surface area (Å²) in [4.78, 5) is 0. The number of hydrogen-bond donors (Lipinski definition) is 0. The van der Waals surface area contributed by atoms with E-state index in [1.54, 1.807) is 4.68 Å². The van der Waals surface area contributed by atoms with E-state index in [1.807, 2.05) is 31.2 Å². The second kappa shape index (κ2) is 5.15. The van der Waals surface area contributed by atoms with Gasteiger partial charge in [0.25, 0.3) is 0 Å². The lowest BCUT2D eigenvalue weighted by atomic mass is 10.1. The van der Waals surface area contributed by atoms with Crippen LogP contribution in [0.25, 0.3) is 11.3 Å². The topological polar surface area (TPSA) is 54.5 Å². The molecule has 0 aliphatic carbocycles. The van der Waals surface area contributed by atoms with E-state index in [4.69, 9.17) is 5.26 Å². The van der Waals surface area contributed by atoms with Gasteiger partial charge in [0.2, 0.25) is 0 Å². The standard InChI is InChI=1S/C13H11BrN4/c1-9(2)8-18-13(12(7-15)16-17-18)10-5-3-4-6-11(10)14/h3-6H,1,8H2,2H3. The van der Waals surface area contributed by atoms with Crippen LogP contribution in [0.1, 0.15) is 12.6 Å². The molecule has 90 valence electrons. The van der Waals surface area contributed by atoms with E-state index in [1.165, 1.54) is 0 Å². The van der Waals surface area contributed by atoms with Crippen molar-refractivity contribution in [1.82, 2.24) is 15.0 Å². The summed E-state index contributed by atoms with van der Waals surface area (Å²) in [7, 11) is 0. The largest absolute Gasteiger partial charge is 0.239 e. The molecule has 0 unspecified atom stereocenters. The Labute approximate surface area is 114 Å². The Hall–Kier alpha value is -1.93. The van der Waals surface area contributed by atoms with Crippen LogP contribution in [0, 0.1) is 11.3 Å².